The van der Waals surface area contributed by atoms with E-state index in [1.54, 1.807) is 12.1 Å². The second-order valence-electron chi connectivity index (χ2n) is 6.11. The molecule has 0 unspecified atom stereocenters. The molecule has 0 amide bonds. The van der Waals surface area contributed by atoms with Crippen LogP contribution in [0.2, 0.25) is 0 Å². The molecule has 4 aromatic carbocycles. The van der Waals surface area contributed by atoms with E-state index in [4.69, 9.17) is 4.52 Å². The van der Waals surface area contributed by atoms with Crippen LogP contribution in [0, 0.1) is 0 Å². The molecule has 0 aromatic heterocycles. The molecule has 0 aliphatic heterocycles. The fourth-order valence-corrected chi connectivity index (χ4v) is 4.92. The summed E-state index contributed by atoms with van der Waals surface area (Å²) in [5, 5.41) is 1.39. The fraction of sp³-hybridized carbons (Fsp3) is 0. The Labute approximate surface area is 177 Å². The van der Waals surface area contributed by atoms with Gasteiger partial charge in [0.25, 0.3) is 0 Å². The van der Waals surface area contributed by atoms with Crippen molar-refractivity contribution in [2.24, 2.45) is 0 Å². The molecule has 4 nitrogen and oxygen atoms in total. The molecule has 30 heavy (non-hydrogen) atoms. The van der Waals surface area contributed by atoms with Crippen LogP contribution in [0.1, 0.15) is 0 Å². The zero-order valence-corrected chi connectivity index (χ0v) is 17.9. The van der Waals surface area contributed by atoms with Gasteiger partial charge in [-0.25, -0.2) is 4.57 Å². The van der Waals surface area contributed by atoms with E-state index < -0.39 is 7.37 Å². The minimum absolute atomic E-state index is 0.305. The summed E-state index contributed by atoms with van der Waals surface area (Å²) < 4.78 is 34.0. The lowest BCUT2D eigenvalue weighted by Gasteiger charge is -2.20. The average molecular weight is 434 g/mol. The maximum Gasteiger partial charge on any atom is 0.395 e. The van der Waals surface area contributed by atoms with Crippen LogP contribution in [-0.2, 0) is 9.13 Å². The highest BCUT2D eigenvalue weighted by atomic mass is 31.2. The molecule has 0 saturated carbocycles. The van der Waals surface area contributed by atoms with Crippen LogP contribution in [0.3, 0.4) is 0 Å². The first-order valence-electron chi connectivity index (χ1n) is 9.23. The molecule has 4 rings (SSSR count). The highest BCUT2D eigenvalue weighted by molar-refractivity contribution is 7.74. The molecular formula is C24H20O4P2. The van der Waals surface area contributed by atoms with Crippen LogP contribution < -0.4 is 19.7 Å². The molecular weight excluding hydrogens is 414 g/mol. The number of para-hydroxylation sites is 2. The summed E-state index contributed by atoms with van der Waals surface area (Å²) >= 11 is 0. The Morgan fingerprint density at radius 1 is 0.533 bits per heavy atom. The van der Waals surface area contributed by atoms with Crippen molar-refractivity contribution in [1.29, 1.82) is 0 Å². The van der Waals surface area contributed by atoms with E-state index in [9.17, 15) is 9.13 Å². The third-order valence-corrected chi connectivity index (χ3v) is 6.76. The second-order valence-corrected chi connectivity index (χ2v) is 8.76. The van der Waals surface area contributed by atoms with Crippen LogP contribution in [0.15, 0.2) is 121 Å². The smallest absolute Gasteiger partial charge is 0.395 e. The summed E-state index contributed by atoms with van der Waals surface area (Å²) in [6.07, 6.45) is 0. The van der Waals surface area contributed by atoms with E-state index >= 15 is 0 Å². The van der Waals surface area contributed by atoms with Crippen molar-refractivity contribution in [2.45, 2.75) is 0 Å². The summed E-state index contributed by atoms with van der Waals surface area (Å²) in [5.74, 6) is 1.22. The van der Waals surface area contributed by atoms with Gasteiger partial charge >= 0.3 is 16.1 Å². The maximum absolute atomic E-state index is 13.6. The van der Waals surface area contributed by atoms with Gasteiger partial charge in [0.2, 0.25) is 0 Å². The molecule has 0 heterocycles. The number of rotatable bonds is 6. The zero-order chi connectivity index (χ0) is 21.1. The standard InChI is InChI=1S/C18H15O2P.C6H5O2P/c19-21(17-12-6-2-7-13-17,18-14-8-3-9-15-18)20-16-10-4-1-5-11-16;7-9-8-6-4-2-1-3-5-6/h1-15H;1-5H. The first-order valence-corrected chi connectivity index (χ1v) is 11.6. The van der Waals surface area contributed by atoms with Crippen LogP contribution >= 0.6 is 16.1 Å². The van der Waals surface area contributed by atoms with E-state index in [-0.39, 0.29) is 8.69 Å². The molecule has 150 valence electrons. The van der Waals surface area contributed by atoms with Gasteiger partial charge in [0, 0.05) is 0 Å². The van der Waals surface area contributed by atoms with Crippen LogP contribution in [-0.4, -0.2) is 0 Å². The molecule has 4 aromatic rings. The maximum atomic E-state index is 13.6. The molecule has 0 N–H and O–H groups in total. The van der Waals surface area contributed by atoms with Crippen molar-refractivity contribution >= 4 is 26.7 Å². The van der Waals surface area contributed by atoms with Gasteiger partial charge in [-0.3, -0.25) is 4.57 Å². The zero-order valence-electron chi connectivity index (χ0n) is 16.1. The topological polar surface area (TPSA) is 52.6 Å². The van der Waals surface area contributed by atoms with E-state index in [0.717, 1.165) is 0 Å². The summed E-state index contributed by atoms with van der Waals surface area (Å²) in [6, 6.07) is 37.0. The SMILES string of the molecule is O=P(Oc1ccccc1)(c1ccccc1)c1ccccc1.O=POc1ccccc1. The highest BCUT2D eigenvalue weighted by Gasteiger charge is 2.29. The Morgan fingerprint density at radius 3 is 1.30 bits per heavy atom. The number of hydrogen-bond donors (Lipinski definition) is 0. The first kappa shape index (κ1) is 21.5. The minimum Gasteiger partial charge on any atom is -0.437 e. The predicted molar refractivity (Wildman–Crippen MR) is 122 cm³/mol. The molecule has 6 heteroatoms. The monoisotopic (exact) mass is 434 g/mol. The quantitative estimate of drug-likeness (QED) is 0.336. The summed E-state index contributed by atoms with van der Waals surface area (Å²) in [7, 11) is -3.45. The van der Waals surface area contributed by atoms with Gasteiger partial charge in [-0.1, -0.05) is 72.8 Å². The molecule has 0 atom stereocenters. The van der Waals surface area contributed by atoms with E-state index in [0.29, 0.717) is 22.1 Å². The van der Waals surface area contributed by atoms with Crippen LogP contribution in [0.5, 0.6) is 11.5 Å². The fourth-order valence-electron chi connectivity index (χ4n) is 2.66. The minimum atomic E-state index is -3.15. The molecule has 0 aliphatic carbocycles. The van der Waals surface area contributed by atoms with E-state index in [1.165, 1.54) is 0 Å². The molecule has 0 bridgehead atoms. The summed E-state index contributed by atoms with van der Waals surface area (Å²) in [6.45, 7) is 0. The molecule has 0 radical (unpaired) electrons. The molecule has 0 spiro atoms. The van der Waals surface area contributed by atoms with Gasteiger partial charge in [-0.2, -0.15) is 0 Å². The Kier molecular flexibility index (Phi) is 7.97. The van der Waals surface area contributed by atoms with Crippen molar-refractivity contribution in [3.8, 4) is 11.5 Å². The first-order chi connectivity index (χ1) is 14.7. The predicted octanol–water partition coefficient (Wildman–Crippen LogP) is 6.27. The van der Waals surface area contributed by atoms with Gasteiger partial charge in [0.05, 0.1) is 10.6 Å². The van der Waals surface area contributed by atoms with Gasteiger partial charge in [-0.05, 0) is 48.5 Å². The van der Waals surface area contributed by atoms with Crippen molar-refractivity contribution < 1.29 is 18.2 Å². The van der Waals surface area contributed by atoms with Crippen molar-refractivity contribution in [2.75, 3.05) is 0 Å². The van der Waals surface area contributed by atoms with Gasteiger partial charge in [0.15, 0.2) is 0 Å². The molecule has 0 fully saturated rings. The van der Waals surface area contributed by atoms with E-state index in [1.807, 2.05) is 109 Å². The van der Waals surface area contributed by atoms with Crippen LogP contribution in [0.4, 0.5) is 0 Å². The van der Waals surface area contributed by atoms with Gasteiger partial charge in [0.1, 0.15) is 11.5 Å². The van der Waals surface area contributed by atoms with Crippen LogP contribution in [0.25, 0.3) is 0 Å². The Bertz CT molecular complexity index is 1030. The summed E-state index contributed by atoms with van der Waals surface area (Å²) in [4.78, 5) is 0. The lowest BCUT2D eigenvalue weighted by atomic mass is 10.3. The highest BCUT2D eigenvalue weighted by Crippen LogP contribution is 2.44. The lowest BCUT2D eigenvalue weighted by Crippen LogP contribution is -2.19. The van der Waals surface area contributed by atoms with Crippen molar-refractivity contribution in [1.82, 2.24) is 0 Å². The Balaban J connectivity index is 0.000000239. The Morgan fingerprint density at radius 2 is 0.900 bits per heavy atom. The average Bonchev–Trinajstić information content (AvgIpc) is 2.82. The molecule has 0 aliphatic rings. The lowest BCUT2D eigenvalue weighted by molar-refractivity contribution is 0.503. The van der Waals surface area contributed by atoms with E-state index in [2.05, 4.69) is 4.52 Å². The van der Waals surface area contributed by atoms with Crippen molar-refractivity contribution in [3.63, 3.8) is 0 Å². The van der Waals surface area contributed by atoms with Crippen molar-refractivity contribution in [3.05, 3.63) is 121 Å². The molecule has 0 saturated heterocycles. The van der Waals surface area contributed by atoms with Gasteiger partial charge < -0.3 is 9.05 Å². The van der Waals surface area contributed by atoms with Gasteiger partial charge in [-0.15, -0.1) is 0 Å². The normalized spacial score (nSPS) is 10.5. The largest absolute Gasteiger partial charge is 0.437 e. The number of benzene rings is 4. The summed E-state index contributed by atoms with van der Waals surface area (Å²) in [5.41, 5.74) is 0. The third kappa shape index (κ3) is 5.90. The Hall–Kier alpha value is -3.19. The third-order valence-electron chi connectivity index (χ3n) is 4.06. The number of hydrogen-bond acceptors (Lipinski definition) is 4. The second kappa shape index (κ2) is 11.1.